The van der Waals surface area contributed by atoms with Crippen LogP contribution in [0.2, 0.25) is 0 Å². The molecule has 0 radical (unpaired) electrons. The summed E-state index contributed by atoms with van der Waals surface area (Å²) in [5.41, 5.74) is 6.17. The van der Waals surface area contributed by atoms with Gasteiger partial charge in [0.05, 0.1) is 10.6 Å². The summed E-state index contributed by atoms with van der Waals surface area (Å²) in [6.45, 7) is 1.90. The van der Waals surface area contributed by atoms with Crippen molar-refractivity contribution in [2.24, 2.45) is 0 Å². The summed E-state index contributed by atoms with van der Waals surface area (Å²) in [5, 5.41) is 0. The molecule has 0 unspecified atom stereocenters. The first-order valence-electron chi connectivity index (χ1n) is 6.96. The molecule has 114 valence electrons. The van der Waals surface area contributed by atoms with E-state index in [0.29, 0.717) is 5.70 Å². The lowest BCUT2D eigenvalue weighted by molar-refractivity contribution is 0.258. The van der Waals surface area contributed by atoms with Crippen LogP contribution < -0.4 is 5.48 Å². The molecular weight excluding hydrogens is 300 g/mol. The lowest BCUT2D eigenvalue weighted by Gasteiger charge is -2.17. The van der Waals surface area contributed by atoms with E-state index < -0.39 is 10.1 Å². The van der Waals surface area contributed by atoms with Gasteiger partial charge in [-0.25, -0.2) is 5.48 Å². The zero-order valence-corrected chi connectivity index (χ0v) is 12.9. The molecule has 2 aromatic rings. The van der Waals surface area contributed by atoms with Crippen molar-refractivity contribution < 1.29 is 12.7 Å². The highest BCUT2D eigenvalue weighted by atomic mass is 32.2. The van der Waals surface area contributed by atoms with Crippen molar-refractivity contribution in [2.45, 2.75) is 24.7 Å². The fraction of sp³-hybridized carbons (Fsp3) is 0.188. The lowest BCUT2D eigenvalue weighted by Crippen LogP contribution is -2.21. The number of allylic oxidation sites excluding steroid dienone is 1. The molecule has 3 rings (SSSR count). The van der Waals surface area contributed by atoms with Gasteiger partial charge in [-0.15, -0.1) is 4.28 Å². The minimum Gasteiger partial charge on any atom is -0.264 e. The molecular formula is C16H16N2O3S. The van der Waals surface area contributed by atoms with Gasteiger partial charge in [-0.3, -0.25) is 4.98 Å². The molecule has 1 heterocycles. The van der Waals surface area contributed by atoms with Gasteiger partial charge in [0.15, 0.2) is 0 Å². The summed E-state index contributed by atoms with van der Waals surface area (Å²) in [6, 6.07) is 8.44. The predicted molar refractivity (Wildman–Crippen MR) is 83.1 cm³/mol. The Labute approximate surface area is 129 Å². The van der Waals surface area contributed by atoms with Gasteiger partial charge < -0.3 is 0 Å². The van der Waals surface area contributed by atoms with Crippen LogP contribution in [-0.2, 0) is 20.8 Å². The van der Waals surface area contributed by atoms with Crippen molar-refractivity contribution in [3.05, 3.63) is 65.5 Å². The Hall–Kier alpha value is -2.18. The Bertz CT molecular complexity index is 812. The van der Waals surface area contributed by atoms with Gasteiger partial charge in [0.2, 0.25) is 0 Å². The summed E-state index contributed by atoms with van der Waals surface area (Å²) >= 11 is 0. The van der Waals surface area contributed by atoms with E-state index in [4.69, 9.17) is 4.28 Å². The summed E-state index contributed by atoms with van der Waals surface area (Å²) in [6.07, 6.45) is 7.08. The van der Waals surface area contributed by atoms with Crippen molar-refractivity contribution in [1.29, 1.82) is 0 Å². The van der Waals surface area contributed by atoms with E-state index in [2.05, 4.69) is 10.5 Å². The van der Waals surface area contributed by atoms with Gasteiger partial charge >= 0.3 is 10.1 Å². The van der Waals surface area contributed by atoms with E-state index >= 15 is 0 Å². The number of fused-ring (bicyclic) bond motifs is 1. The van der Waals surface area contributed by atoms with E-state index in [9.17, 15) is 8.42 Å². The van der Waals surface area contributed by atoms with Crippen molar-refractivity contribution >= 4 is 15.8 Å². The smallest absolute Gasteiger partial charge is 0.264 e. The average Bonchev–Trinajstić information content (AvgIpc) is 2.53. The SMILES string of the molecule is Cc1ccc(S(=O)(=O)ONC2=CCCc3ccncc32)cc1. The zero-order valence-electron chi connectivity index (χ0n) is 12.1. The van der Waals surface area contributed by atoms with Crippen molar-refractivity contribution in [3.63, 3.8) is 0 Å². The molecule has 22 heavy (non-hydrogen) atoms. The number of hydrogen-bond donors (Lipinski definition) is 1. The highest BCUT2D eigenvalue weighted by molar-refractivity contribution is 7.86. The first-order valence-corrected chi connectivity index (χ1v) is 8.37. The number of hydrogen-bond acceptors (Lipinski definition) is 5. The summed E-state index contributed by atoms with van der Waals surface area (Å²) in [7, 11) is -3.85. The van der Waals surface area contributed by atoms with E-state index in [-0.39, 0.29) is 4.90 Å². The number of rotatable bonds is 4. The van der Waals surface area contributed by atoms with E-state index in [1.54, 1.807) is 24.5 Å². The van der Waals surface area contributed by atoms with Crippen LogP contribution >= 0.6 is 0 Å². The normalized spacial score (nSPS) is 14.1. The van der Waals surface area contributed by atoms with Crippen molar-refractivity contribution in [1.82, 2.24) is 10.5 Å². The summed E-state index contributed by atoms with van der Waals surface area (Å²) in [4.78, 5) is 4.19. The van der Waals surface area contributed by atoms with Gasteiger partial charge in [0.1, 0.15) is 0 Å². The fourth-order valence-corrected chi connectivity index (χ4v) is 3.08. The molecule has 6 heteroatoms. The average molecular weight is 316 g/mol. The van der Waals surface area contributed by atoms with Crippen molar-refractivity contribution in [2.75, 3.05) is 0 Å². The van der Waals surface area contributed by atoms with Gasteiger partial charge in [0, 0.05) is 18.0 Å². The first kappa shape index (κ1) is 14.7. The van der Waals surface area contributed by atoms with Crippen LogP contribution in [0.1, 0.15) is 23.1 Å². The van der Waals surface area contributed by atoms with Gasteiger partial charge in [-0.2, -0.15) is 8.42 Å². The van der Waals surface area contributed by atoms with Crippen LogP contribution in [0.4, 0.5) is 0 Å². The quantitative estimate of drug-likeness (QED) is 0.878. The number of nitrogens with zero attached hydrogens (tertiary/aromatic N) is 1. The zero-order chi connectivity index (χ0) is 15.6. The number of aromatic nitrogens is 1. The third-order valence-electron chi connectivity index (χ3n) is 3.53. The largest absolute Gasteiger partial charge is 0.317 e. The topological polar surface area (TPSA) is 68.3 Å². The second kappa shape index (κ2) is 5.90. The number of pyridine rings is 1. The van der Waals surface area contributed by atoms with Gasteiger partial charge in [-0.05, 0) is 43.5 Å². The Balaban J connectivity index is 1.78. The highest BCUT2D eigenvalue weighted by Crippen LogP contribution is 2.24. The molecule has 1 aromatic carbocycles. The molecule has 0 fully saturated rings. The third-order valence-corrected chi connectivity index (χ3v) is 4.69. The molecule has 0 spiro atoms. The van der Waals surface area contributed by atoms with Crippen LogP contribution in [-0.4, -0.2) is 13.4 Å². The molecule has 0 amide bonds. The Morgan fingerprint density at radius 1 is 1.18 bits per heavy atom. The first-order chi connectivity index (χ1) is 10.6. The highest BCUT2D eigenvalue weighted by Gasteiger charge is 2.18. The maximum absolute atomic E-state index is 12.2. The van der Waals surface area contributed by atoms with E-state index in [1.807, 2.05) is 19.1 Å². The third kappa shape index (κ3) is 3.03. The minimum atomic E-state index is -3.85. The Kier molecular flexibility index (Phi) is 3.96. The standard InChI is InChI=1S/C16H16N2O3S/c1-12-5-7-14(8-6-12)22(19,20)21-18-16-4-2-3-13-9-10-17-11-15(13)16/h4-11,18H,2-3H2,1H3. The van der Waals surface area contributed by atoms with Gasteiger partial charge in [0.25, 0.3) is 0 Å². The molecule has 0 aliphatic heterocycles. The fourth-order valence-electron chi connectivity index (χ4n) is 2.32. The molecule has 1 aliphatic rings. The van der Waals surface area contributed by atoms with Crippen LogP contribution in [0.5, 0.6) is 0 Å². The van der Waals surface area contributed by atoms with Crippen LogP contribution in [0, 0.1) is 6.92 Å². The minimum absolute atomic E-state index is 0.119. The molecule has 1 aromatic heterocycles. The Morgan fingerprint density at radius 2 is 1.95 bits per heavy atom. The molecule has 1 aliphatic carbocycles. The molecule has 0 saturated carbocycles. The molecule has 0 bridgehead atoms. The lowest BCUT2D eigenvalue weighted by atomic mass is 9.97. The monoisotopic (exact) mass is 316 g/mol. The second-order valence-corrected chi connectivity index (χ2v) is 6.69. The number of benzene rings is 1. The maximum atomic E-state index is 12.2. The summed E-state index contributed by atoms with van der Waals surface area (Å²) < 4.78 is 29.3. The molecule has 0 atom stereocenters. The second-order valence-electron chi connectivity index (χ2n) is 5.14. The number of hydroxylamine groups is 1. The maximum Gasteiger partial charge on any atom is 0.317 e. The van der Waals surface area contributed by atoms with Crippen LogP contribution in [0.25, 0.3) is 5.70 Å². The van der Waals surface area contributed by atoms with E-state index in [1.165, 1.54) is 12.1 Å². The Morgan fingerprint density at radius 3 is 2.73 bits per heavy atom. The van der Waals surface area contributed by atoms with Crippen LogP contribution in [0.3, 0.4) is 0 Å². The molecule has 5 nitrogen and oxygen atoms in total. The number of nitrogens with one attached hydrogen (secondary N) is 1. The van der Waals surface area contributed by atoms with E-state index in [0.717, 1.165) is 29.5 Å². The number of aryl methyl sites for hydroxylation is 2. The predicted octanol–water partition coefficient (Wildman–Crippen LogP) is 2.59. The van der Waals surface area contributed by atoms with Crippen LogP contribution in [0.15, 0.2) is 53.7 Å². The van der Waals surface area contributed by atoms with Gasteiger partial charge in [-0.1, -0.05) is 23.8 Å². The van der Waals surface area contributed by atoms with Crippen molar-refractivity contribution in [3.8, 4) is 0 Å². The molecule has 0 saturated heterocycles. The summed E-state index contributed by atoms with van der Waals surface area (Å²) in [5.74, 6) is 0. The molecule has 1 N–H and O–H groups in total.